The van der Waals surface area contributed by atoms with Gasteiger partial charge in [-0.1, -0.05) is 35.5 Å². The molecule has 1 aromatic heterocycles. The number of aliphatic imine (C=N–C) groups is 1. The Hall–Kier alpha value is -0.770. The number of fused-ring (bicyclic) bond motifs is 2. The van der Waals surface area contributed by atoms with E-state index in [0.29, 0.717) is 5.17 Å². The van der Waals surface area contributed by atoms with E-state index in [1.807, 2.05) is 23.6 Å². The van der Waals surface area contributed by atoms with Crippen LogP contribution in [0.15, 0.2) is 49.8 Å². The number of thiophene rings is 1. The van der Waals surface area contributed by atoms with Crippen molar-refractivity contribution in [3.63, 3.8) is 0 Å². The molecule has 2 aromatic rings. The van der Waals surface area contributed by atoms with Crippen LogP contribution in [-0.4, -0.2) is 5.17 Å². The highest BCUT2D eigenvalue weighted by Crippen LogP contribution is 2.41. The maximum Gasteiger partial charge on any atom is 0.138 e. The first kappa shape index (κ1) is 9.46. The molecule has 0 saturated heterocycles. The van der Waals surface area contributed by atoms with E-state index in [2.05, 4.69) is 16.4 Å². The van der Waals surface area contributed by atoms with Crippen molar-refractivity contribution in [2.24, 2.45) is 4.99 Å². The van der Waals surface area contributed by atoms with Gasteiger partial charge < -0.3 is 0 Å². The molecule has 0 atom stereocenters. The molecule has 0 fully saturated rings. The summed E-state index contributed by atoms with van der Waals surface area (Å²) in [7, 11) is 0. The van der Waals surface area contributed by atoms with Crippen LogP contribution in [-0.2, 0) is 0 Å². The number of hydrogen-bond donors (Lipinski definition) is 0. The largest absolute Gasteiger partial charge is 0.235 e. The van der Waals surface area contributed by atoms with E-state index in [0.717, 1.165) is 16.1 Å². The van der Waals surface area contributed by atoms with Gasteiger partial charge in [-0.2, -0.15) is 11.3 Å². The van der Waals surface area contributed by atoms with Gasteiger partial charge in [0, 0.05) is 26.1 Å². The monoisotopic (exact) mass is 251 g/mol. The molecular formula is C11H6ClNS2. The fourth-order valence-electron chi connectivity index (χ4n) is 1.44. The van der Waals surface area contributed by atoms with E-state index in [-0.39, 0.29) is 0 Å². The summed E-state index contributed by atoms with van der Waals surface area (Å²) in [6.45, 7) is 0. The number of rotatable bonds is 0. The molecule has 2 heterocycles. The average Bonchev–Trinajstić information content (AvgIpc) is 2.64. The average molecular weight is 252 g/mol. The van der Waals surface area contributed by atoms with Gasteiger partial charge in [-0.15, -0.1) is 0 Å². The van der Waals surface area contributed by atoms with Crippen molar-refractivity contribution in [3.05, 3.63) is 40.6 Å². The zero-order chi connectivity index (χ0) is 10.3. The fraction of sp³-hybridized carbons (Fsp3) is 0. The van der Waals surface area contributed by atoms with Gasteiger partial charge in [-0.25, -0.2) is 4.99 Å². The van der Waals surface area contributed by atoms with Gasteiger partial charge in [0.15, 0.2) is 0 Å². The Morgan fingerprint density at radius 1 is 1.07 bits per heavy atom. The lowest BCUT2D eigenvalue weighted by Gasteiger charge is -1.99. The van der Waals surface area contributed by atoms with Gasteiger partial charge in [0.1, 0.15) is 5.17 Å². The highest BCUT2D eigenvalue weighted by atomic mass is 35.5. The van der Waals surface area contributed by atoms with Crippen LogP contribution in [0.1, 0.15) is 5.56 Å². The van der Waals surface area contributed by atoms with Crippen molar-refractivity contribution in [1.82, 2.24) is 0 Å². The van der Waals surface area contributed by atoms with Gasteiger partial charge in [0.05, 0.1) is 5.69 Å². The molecule has 74 valence electrons. The Balaban J connectivity index is 2.25. The first-order valence-electron chi connectivity index (χ1n) is 4.42. The van der Waals surface area contributed by atoms with Crippen molar-refractivity contribution in [3.8, 4) is 0 Å². The van der Waals surface area contributed by atoms with E-state index in [1.54, 1.807) is 23.1 Å². The summed E-state index contributed by atoms with van der Waals surface area (Å²) in [5.41, 5.74) is 2.00. The van der Waals surface area contributed by atoms with E-state index in [4.69, 9.17) is 11.6 Å². The molecule has 1 aliphatic heterocycles. The Labute approximate surface area is 101 Å². The summed E-state index contributed by atoms with van der Waals surface area (Å²) in [5, 5.41) is 4.74. The summed E-state index contributed by atoms with van der Waals surface area (Å²) in [6, 6.07) is 8.05. The molecule has 1 aromatic carbocycles. The van der Waals surface area contributed by atoms with Crippen molar-refractivity contribution in [2.45, 2.75) is 9.79 Å². The first-order chi connectivity index (χ1) is 7.34. The van der Waals surface area contributed by atoms with Crippen molar-refractivity contribution in [1.29, 1.82) is 0 Å². The van der Waals surface area contributed by atoms with E-state index in [1.165, 1.54) is 4.90 Å². The minimum Gasteiger partial charge on any atom is -0.235 e. The molecule has 0 aliphatic carbocycles. The zero-order valence-corrected chi connectivity index (χ0v) is 9.99. The van der Waals surface area contributed by atoms with Crippen LogP contribution in [0.2, 0.25) is 0 Å². The molecule has 0 N–H and O–H groups in total. The minimum atomic E-state index is 0.587. The quantitative estimate of drug-likeness (QED) is 0.670. The van der Waals surface area contributed by atoms with Crippen molar-refractivity contribution >= 4 is 45.6 Å². The Bertz CT molecular complexity index is 545. The molecule has 0 saturated carbocycles. The molecule has 0 unspecified atom stereocenters. The summed E-state index contributed by atoms with van der Waals surface area (Å²) in [4.78, 5) is 6.77. The highest BCUT2D eigenvalue weighted by molar-refractivity contribution is 7.99. The zero-order valence-electron chi connectivity index (χ0n) is 7.61. The second kappa shape index (κ2) is 3.67. The molecule has 0 radical (unpaired) electrons. The standard InChI is InChI=1S/C11H6ClNS2/c12-11-7-5-14-6-10(7)15-9-4-2-1-3-8(9)13-11/h1-6H. The van der Waals surface area contributed by atoms with Crippen molar-refractivity contribution in [2.75, 3.05) is 0 Å². The molecule has 1 nitrogen and oxygen atoms in total. The summed E-state index contributed by atoms with van der Waals surface area (Å²) < 4.78 is 0. The number of halogens is 1. The highest BCUT2D eigenvalue weighted by Gasteiger charge is 2.16. The van der Waals surface area contributed by atoms with Gasteiger partial charge in [0.25, 0.3) is 0 Å². The molecule has 4 heteroatoms. The predicted molar refractivity (Wildman–Crippen MR) is 66.9 cm³/mol. The van der Waals surface area contributed by atoms with Gasteiger partial charge in [-0.05, 0) is 12.1 Å². The number of benzene rings is 1. The lowest BCUT2D eigenvalue weighted by molar-refractivity contribution is 1.39. The maximum absolute atomic E-state index is 6.16. The Morgan fingerprint density at radius 3 is 2.87 bits per heavy atom. The molecule has 15 heavy (non-hydrogen) atoms. The number of hydrogen-bond acceptors (Lipinski definition) is 3. The van der Waals surface area contributed by atoms with Crippen LogP contribution in [0.4, 0.5) is 5.69 Å². The Morgan fingerprint density at radius 2 is 1.93 bits per heavy atom. The third-order valence-corrected chi connectivity index (χ3v) is 4.46. The number of nitrogens with zero attached hydrogens (tertiary/aromatic N) is 1. The van der Waals surface area contributed by atoms with Crippen LogP contribution in [0.3, 0.4) is 0 Å². The van der Waals surface area contributed by atoms with Crippen molar-refractivity contribution < 1.29 is 0 Å². The van der Waals surface area contributed by atoms with Gasteiger partial charge >= 0.3 is 0 Å². The minimum absolute atomic E-state index is 0.587. The fourth-order valence-corrected chi connectivity index (χ4v) is 3.80. The van der Waals surface area contributed by atoms with Crippen LogP contribution in [0.25, 0.3) is 0 Å². The molecule has 3 rings (SSSR count). The predicted octanol–water partition coefficient (Wildman–Crippen LogP) is 4.53. The molecule has 0 spiro atoms. The molecule has 0 bridgehead atoms. The van der Waals surface area contributed by atoms with Crippen LogP contribution in [0.5, 0.6) is 0 Å². The van der Waals surface area contributed by atoms with Crippen LogP contribution < -0.4 is 0 Å². The molecule has 0 amide bonds. The maximum atomic E-state index is 6.16. The number of para-hydroxylation sites is 1. The topological polar surface area (TPSA) is 12.4 Å². The SMILES string of the molecule is ClC1=Nc2ccccc2Sc2cscc21. The smallest absolute Gasteiger partial charge is 0.138 e. The summed E-state index contributed by atoms with van der Waals surface area (Å²) >= 11 is 9.55. The summed E-state index contributed by atoms with van der Waals surface area (Å²) in [5.74, 6) is 0. The third kappa shape index (κ3) is 1.61. The Kier molecular flexibility index (Phi) is 2.31. The van der Waals surface area contributed by atoms with E-state index >= 15 is 0 Å². The summed E-state index contributed by atoms with van der Waals surface area (Å²) in [6.07, 6.45) is 0. The first-order valence-corrected chi connectivity index (χ1v) is 6.56. The normalized spacial score (nSPS) is 13.8. The van der Waals surface area contributed by atoms with E-state index in [9.17, 15) is 0 Å². The van der Waals surface area contributed by atoms with E-state index < -0.39 is 0 Å². The molecule has 1 aliphatic rings. The van der Waals surface area contributed by atoms with Gasteiger partial charge in [0.2, 0.25) is 0 Å². The van der Waals surface area contributed by atoms with Crippen LogP contribution >= 0.6 is 34.7 Å². The third-order valence-electron chi connectivity index (χ3n) is 2.15. The van der Waals surface area contributed by atoms with Crippen LogP contribution in [0, 0.1) is 0 Å². The second-order valence-electron chi connectivity index (χ2n) is 3.12. The lowest BCUT2D eigenvalue weighted by Crippen LogP contribution is -1.86. The van der Waals surface area contributed by atoms with Gasteiger partial charge in [-0.3, -0.25) is 0 Å². The molecular weight excluding hydrogens is 246 g/mol. The lowest BCUT2D eigenvalue weighted by atomic mass is 10.3. The second-order valence-corrected chi connectivity index (χ2v) is 5.31.